The van der Waals surface area contributed by atoms with Gasteiger partial charge < -0.3 is 21.4 Å². The third-order valence-corrected chi connectivity index (χ3v) is 6.87. The van der Waals surface area contributed by atoms with Gasteiger partial charge in [0.2, 0.25) is 5.91 Å². The fourth-order valence-corrected chi connectivity index (χ4v) is 5.17. The average molecular weight is 496 g/mol. The Hall–Kier alpha value is -4.59. The Morgan fingerprint density at radius 3 is 1.92 bits per heavy atom. The molecular weight excluding hydrogens is 466 g/mol. The largest absolute Gasteiger partial charge is 0.399 e. The number of aromatic amines is 2. The van der Waals surface area contributed by atoms with Crippen LogP contribution >= 0.6 is 0 Å². The number of rotatable bonds is 3. The standard InChI is InChI=1S/C24H21N5O3.C5H8/c1-3-29(11(2)31)24(32)21-16(10-30)19-14-8-12(25)4-6-17(14)27-22(19)23-20(21)15-9-13(26)5-7-18(15)28-23;1-2-4-5-3-1/h4-10,27-28H,3,25-26H2,1-2H3;1-2H,3-5H2. The van der Waals surface area contributed by atoms with Crippen molar-refractivity contribution in [1.29, 1.82) is 0 Å². The summed E-state index contributed by atoms with van der Waals surface area (Å²) in [5.74, 6) is -0.930. The minimum absolute atomic E-state index is 0.166. The maximum Gasteiger partial charge on any atom is 0.261 e. The van der Waals surface area contributed by atoms with Gasteiger partial charge in [-0.25, -0.2) is 0 Å². The Balaban J connectivity index is 0.000000503. The lowest BCUT2D eigenvalue weighted by Gasteiger charge is -2.19. The Morgan fingerprint density at radius 2 is 1.46 bits per heavy atom. The molecule has 37 heavy (non-hydrogen) atoms. The van der Waals surface area contributed by atoms with Crippen LogP contribution in [0.15, 0.2) is 48.6 Å². The van der Waals surface area contributed by atoms with E-state index >= 15 is 0 Å². The number of hydrogen-bond acceptors (Lipinski definition) is 5. The molecule has 0 spiro atoms. The molecule has 0 bridgehead atoms. The van der Waals surface area contributed by atoms with E-state index in [1.54, 1.807) is 31.2 Å². The van der Waals surface area contributed by atoms with Crippen LogP contribution in [0.25, 0.3) is 43.6 Å². The highest BCUT2D eigenvalue weighted by atomic mass is 16.2. The van der Waals surface area contributed by atoms with E-state index in [0.29, 0.717) is 44.9 Å². The van der Waals surface area contributed by atoms with E-state index in [-0.39, 0.29) is 17.7 Å². The van der Waals surface area contributed by atoms with E-state index in [9.17, 15) is 14.4 Å². The predicted octanol–water partition coefficient (Wildman–Crippen LogP) is 5.67. The summed E-state index contributed by atoms with van der Waals surface area (Å²) in [6, 6.07) is 10.7. The number of nitrogens with one attached hydrogen (secondary N) is 2. The highest BCUT2D eigenvalue weighted by molar-refractivity contribution is 6.33. The number of H-pyrrole nitrogens is 2. The Labute approximate surface area is 213 Å². The molecule has 6 N–H and O–H groups in total. The molecule has 0 aliphatic heterocycles. The van der Waals surface area contributed by atoms with Gasteiger partial charge in [0.25, 0.3) is 5.91 Å². The number of fused-ring (bicyclic) bond motifs is 7. The van der Waals surface area contributed by atoms with Crippen LogP contribution in [-0.4, -0.2) is 39.5 Å². The van der Waals surface area contributed by atoms with Gasteiger partial charge in [0, 0.05) is 63.0 Å². The number of anilines is 2. The number of carbonyl (C=O) groups is 3. The molecule has 2 aromatic heterocycles. The van der Waals surface area contributed by atoms with Gasteiger partial charge in [0.05, 0.1) is 16.6 Å². The number of nitrogens with zero attached hydrogens (tertiary/aromatic N) is 1. The van der Waals surface area contributed by atoms with Gasteiger partial charge in [-0.05, 0) is 62.6 Å². The first-order chi connectivity index (χ1) is 17.8. The lowest BCUT2D eigenvalue weighted by molar-refractivity contribution is -0.126. The van der Waals surface area contributed by atoms with E-state index in [2.05, 4.69) is 22.1 Å². The summed E-state index contributed by atoms with van der Waals surface area (Å²) in [6.45, 7) is 3.23. The van der Waals surface area contributed by atoms with Crippen LogP contribution in [0.2, 0.25) is 0 Å². The number of amides is 2. The molecule has 1 aliphatic rings. The number of nitrogen functional groups attached to an aromatic ring is 2. The Kier molecular flexibility index (Phi) is 6.17. The zero-order chi connectivity index (χ0) is 26.3. The van der Waals surface area contributed by atoms with Crippen molar-refractivity contribution in [1.82, 2.24) is 14.9 Å². The molecule has 188 valence electrons. The minimum atomic E-state index is -0.532. The first-order valence-corrected chi connectivity index (χ1v) is 12.4. The van der Waals surface area contributed by atoms with Gasteiger partial charge in [-0.15, -0.1) is 0 Å². The fraction of sp³-hybridized carbons (Fsp3) is 0.207. The topological polar surface area (TPSA) is 138 Å². The number of carbonyl (C=O) groups excluding carboxylic acids is 3. The highest BCUT2D eigenvalue weighted by Crippen LogP contribution is 2.41. The van der Waals surface area contributed by atoms with Crippen molar-refractivity contribution in [3.8, 4) is 0 Å². The van der Waals surface area contributed by atoms with Crippen LogP contribution in [0.4, 0.5) is 11.4 Å². The number of imide groups is 1. The predicted molar refractivity (Wildman–Crippen MR) is 150 cm³/mol. The molecule has 2 amide bonds. The average Bonchev–Trinajstić information content (AvgIpc) is 3.63. The normalized spacial score (nSPS) is 12.8. The summed E-state index contributed by atoms with van der Waals surface area (Å²) in [5, 5.41) is 2.55. The number of aldehydes is 1. The van der Waals surface area contributed by atoms with Crippen LogP contribution in [0.3, 0.4) is 0 Å². The summed E-state index contributed by atoms with van der Waals surface area (Å²) >= 11 is 0. The van der Waals surface area contributed by atoms with Crippen LogP contribution in [-0.2, 0) is 4.79 Å². The van der Waals surface area contributed by atoms with Gasteiger partial charge in [-0.2, -0.15) is 0 Å². The smallest absolute Gasteiger partial charge is 0.261 e. The van der Waals surface area contributed by atoms with Crippen molar-refractivity contribution in [2.24, 2.45) is 0 Å². The van der Waals surface area contributed by atoms with Crippen molar-refractivity contribution in [2.75, 3.05) is 18.0 Å². The quantitative estimate of drug-likeness (QED) is 0.145. The van der Waals surface area contributed by atoms with E-state index < -0.39 is 11.8 Å². The maximum atomic E-state index is 13.7. The second kappa shape index (κ2) is 9.46. The summed E-state index contributed by atoms with van der Waals surface area (Å²) in [6.07, 6.45) is 9.17. The number of aromatic nitrogens is 2. The number of allylic oxidation sites excluding steroid dienone is 2. The maximum absolute atomic E-state index is 13.7. The van der Waals surface area contributed by atoms with Gasteiger partial charge in [-0.1, -0.05) is 12.2 Å². The minimum Gasteiger partial charge on any atom is -0.399 e. The summed E-state index contributed by atoms with van der Waals surface area (Å²) in [5.41, 5.74) is 16.4. The van der Waals surface area contributed by atoms with Crippen LogP contribution in [0.5, 0.6) is 0 Å². The molecule has 3 aromatic carbocycles. The molecule has 0 atom stereocenters. The molecule has 0 saturated carbocycles. The van der Waals surface area contributed by atoms with E-state index in [0.717, 1.165) is 21.3 Å². The Bertz CT molecular complexity index is 1740. The van der Waals surface area contributed by atoms with Gasteiger partial charge in [0.15, 0.2) is 6.29 Å². The number of hydrogen-bond donors (Lipinski definition) is 4. The van der Waals surface area contributed by atoms with Crippen molar-refractivity contribution in [3.63, 3.8) is 0 Å². The fourth-order valence-electron chi connectivity index (χ4n) is 5.17. The third-order valence-electron chi connectivity index (χ3n) is 6.87. The van der Waals surface area contributed by atoms with Gasteiger partial charge >= 0.3 is 0 Å². The SMILES string of the molecule is C1=CCCC1.CCN(C(C)=O)C(=O)c1c(C=O)c2c3cc(N)ccc3[nH]c2c2[nH]c3ccc(N)cc3c12. The van der Waals surface area contributed by atoms with Crippen LogP contribution < -0.4 is 11.5 Å². The van der Waals surface area contributed by atoms with Crippen molar-refractivity contribution < 1.29 is 14.4 Å². The second-order valence-corrected chi connectivity index (χ2v) is 9.24. The van der Waals surface area contributed by atoms with E-state index in [1.807, 2.05) is 12.1 Å². The van der Waals surface area contributed by atoms with E-state index in [4.69, 9.17) is 11.5 Å². The summed E-state index contributed by atoms with van der Waals surface area (Å²) in [4.78, 5) is 46.2. The number of nitrogens with two attached hydrogens (primary N) is 2. The molecule has 8 heteroatoms. The zero-order valence-corrected chi connectivity index (χ0v) is 20.9. The molecule has 5 aromatic rings. The summed E-state index contributed by atoms with van der Waals surface area (Å²) < 4.78 is 0. The molecule has 6 rings (SSSR count). The van der Waals surface area contributed by atoms with Crippen LogP contribution in [0, 0.1) is 0 Å². The third kappa shape index (κ3) is 4.00. The highest BCUT2D eigenvalue weighted by Gasteiger charge is 2.29. The lowest BCUT2D eigenvalue weighted by atomic mass is 9.94. The van der Waals surface area contributed by atoms with Gasteiger partial charge in [0.1, 0.15) is 0 Å². The number of benzene rings is 3. The molecule has 0 saturated heterocycles. The molecule has 2 heterocycles. The molecule has 1 aliphatic carbocycles. The molecule has 0 radical (unpaired) electrons. The molecule has 0 fully saturated rings. The van der Waals surface area contributed by atoms with E-state index in [1.165, 1.54) is 26.2 Å². The zero-order valence-electron chi connectivity index (χ0n) is 20.9. The summed E-state index contributed by atoms with van der Waals surface area (Å²) in [7, 11) is 0. The molecule has 8 nitrogen and oxygen atoms in total. The first kappa shape index (κ1) is 24.1. The Morgan fingerprint density at radius 1 is 0.919 bits per heavy atom. The van der Waals surface area contributed by atoms with Crippen LogP contribution in [0.1, 0.15) is 53.8 Å². The molecular formula is C29H29N5O3. The van der Waals surface area contributed by atoms with Crippen molar-refractivity contribution in [2.45, 2.75) is 33.1 Å². The second-order valence-electron chi connectivity index (χ2n) is 9.24. The lowest BCUT2D eigenvalue weighted by Crippen LogP contribution is -2.35. The van der Waals surface area contributed by atoms with Crippen molar-refractivity contribution >= 4 is 73.1 Å². The van der Waals surface area contributed by atoms with Crippen molar-refractivity contribution in [3.05, 3.63) is 59.7 Å². The first-order valence-electron chi connectivity index (χ1n) is 12.4. The van der Waals surface area contributed by atoms with Gasteiger partial charge in [-0.3, -0.25) is 19.3 Å². The monoisotopic (exact) mass is 495 g/mol. The molecule has 0 unspecified atom stereocenters.